The average molecular weight is 167 g/mol. The van der Waals surface area contributed by atoms with E-state index in [9.17, 15) is 0 Å². The number of aryl methyl sites for hydroxylation is 2. The predicted octanol–water partition coefficient (Wildman–Crippen LogP) is 1.40. The third kappa shape index (κ3) is 1.42. The third-order valence-corrected chi connectivity index (χ3v) is 2.00. The van der Waals surface area contributed by atoms with Crippen LogP contribution in [0.3, 0.4) is 0 Å². The Bertz CT molecular complexity index is 235. The standard InChI is InChI=1S/C8H9N.Ti/c1-6-4-5-9-8(3)7(6)2;/h2,4-5H,1,3H3;. The van der Waals surface area contributed by atoms with Gasteiger partial charge in [0.2, 0.25) is 0 Å². The summed E-state index contributed by atoms with van der Waals surface area (Å²) in [6.07, 6.45) is 1.84. The van der Waals surface area contributed by atoms with E-state index >= 15 is 0 Å². The Morgan fingerprint density at radius 3 is 2.60 bits per heavy atom. The molecule has 0 unspecified atom stereocenters. The molecule has 0 saturated carbocycles. The molecule has 10 heavy (non-hydrogen) atoms. The summed E-state index contributed by atoms with van der Waals surface area (Å²) in [5, 5.41) is 0. The number of hydrogen-bond donors (Lipinski definition) is 0. The molecule has 1 rings (SSSR count). The number of pyridine rings is 1. The predicted molar refractivity (Wildman–Crippen MR) is 38.9 cm³/mol. The number of aromatic nitrogens is 1. The molecule has 0 aliphatic carbocycles. The molecule has 0 aliphatic rings. The van der Waals surface area contributed by atoms with Crippen molar-refractivity contribution in [2.75, 3.05) is 0 Å². The quantitative estimate of drug-likeness (QED) is 0.576. The first-order valence-electron chi connectivity index (χ1n) is 3.18. The van der Waals surface area contributed by atoms with E-state index in [2.05, 4.69) is 16.2 Å². The Balaban J connectivity index is 3.30. The summed E-state index contributed by atoms with van der Waals surface area (Å²) in [5.41, 5.74) is 3.68. The van der Waals surface area contributed by atoms with Crippen LogP contribution in [-0.4, -0.2) is 9.30 Å². The third-order valence-electron chi connectivity index (χ3n) is 1.55. The molecule has 0 radical (unpaired) electrons. The van der Waals surface area contributed by atoms with Crippen molar-refractivity contribution < 1.29 is 20.0 Å². The minimum atomic E-state index is 1.11. The van der Waals surface area contributed by atoms with E-state index in [1.165, 1.54) is 11.1 Å². The van der Waals surface area contributed by atoms with Gasteiger partial charge in [0.25, 0.3) is 0 Å². The zero-order valence-electron chi connectivity index (χ0n) is 6.18. The molecule has 1 heterocycles. The van der Waals surface area contributed by atoms with Crippen LogP contribution in [0, 0.1) is 13.8 Å². The van der Waals surface area contributed by atoms with Gasteiger partial charge in [0.05, 0.1) is 0 Å². The fraction of sp³-hybridized carbons (Fsp3) is 0.250. The second-order valence-electron chi connectivity index (χ2n) is 2.27. The van der Waals surface area contributed by atoms with Gasteiger partial charge in [0.15, 0.2) is 0 Å². The summed E-state index contributed by atoms with van der Waals surface area (Å²) in [4.78, 5) is 4.18. The molecule has 0 bridgehead atoms. The Morgan fingerprint density at radius 2 is 2.20 bits per heavy atom. The Labute approximate surface area is 72.4 Å². The van der Waals surface area contributed by atoms with Crippen LogP contribution in [0.4, 0.5) is 0 Å². The second-order valence-corrected chi connectivity index (χ2v) is 2.72. The first-order valence-corrected chi connectivity index (χ1v) is 4.08. The van der Waals surface area contributed by atoms with Crippen molar-refractivity contribution in [2.24, 2.45) is 0 Å². The molecule has 0 N–H and O–H groups in total. The number of nitrogens with zero attached hydrogens (tertiary/aromatic N) is 1. The molecule has 0 amide bonds. The van der Waals surface area contributed by atoms with Crippen LogP contribution in [0.5, 0.6) is 0 Å². The minimum absolute atomic E-state index is 1.11. The molecule has 2 heteroatoms. The Kier molecular flexibility index (Phi) is 2.53. The monoisotopic (exact) mass is 167 g/mol. The average Bonchev–Trinajstić information content (AvgIpc) is 1.88. The summed E-state index contributed by atoms with van der Waals surface area (Å²) in [7, 11) is 0. The summed E-state index contributed by atoms with van der Waals surface area (Å²) in [6, 6.07) is 2.03. The van der Waals surface area contributed by atoms with Crippen LogP contribution >= 0.6 is 0 Å². The van der Waals surface area contributed by atoms with Crippen molar-refractivity contribution in [3.05, 3.63) is 29.1 Å². The fourth-order valence-electron chi connectivity index (χ4n) is 0.924. The molecular weight excluding hydrogens is 158 g/mol. The van der Waals surface area contributed by atoms with E-state index in [1.54, 1.807) is 0 Å². The number of hydrogen-bond acceptors (Lipinski definition) is 1. The van der Waals surface area contributed by atoms with Gasteiger partial charge < -0.3 is 0 Å². The summed E-state index contributed by atoms with van der Waals surface area (Å²) < 4.78 is 2.09. The topological polar surface area (TPSA) is 12.9 Å². The van der Waals surface area contributed by atoms with Gasteiger partial charge >= 0.3 is 72.2 Å². The van der Waals surface area contributed by atoms with Crippen molar-refractivity contribution in [1.29, 1.82) is 0 Å². The molecule has 0 aromatic carbocycles. The van der Waals surface area contributed by atoms with Crippen LogP contribution in [-0.2, 0) is 20.0 Å². The van der Waals surface area contributed by atoms with E-state index in [1.807, 2.05) is 39.2 Å². The van der Waals surface area contributed by atoms with E-state index in [0.29, 0.717) is 0 Å². The van der Waals surface area contributed by atoms with Gasteiger partial charge in [-0.15, -0.1) is 0 Å². The van der Waals surface area contributed by atoms with Gasteiger partial charge in [0, 0.05) is 0 Å². The van der Waals surface area contributed by atoms with E-state index in [4.69, 9.17) is 0 Å². The Morgan fingerprint density at radius 1 is 1.50 bits per heavy atom. The second kappa shape index (κ2) is 3.22. The molecule has 50 valence electrons. The molecule has 1 aromatic heterocycles. The van der Waals surface area contributed by atoms with Crippen molar-refractivity contribution in [1.82, 2.24) is 4.98 Å². The normalized spacial score (nSPS) is 9.30. The van der Waals surface area contributed by atoms with Crippen molar-refractivity contribution in [2.45, 2.75) is 13.8 Å². The number of rotatable bonds is 1. The van der Waals surface area contributed by atoms with Gasteiger partial charge in [-0.1, -0.05) is 0 Å². The molecule has 0 aliphatic heterocycles. The summed E-state index contributed by atoms with van der Waals surface area (Å²) in [6.45, 7) is 4.13. The summed E-state index contributed by atoms with van der Waals surface area (Å²) in [5.74, 6) is 0. The van der Waals surface area contributed by atoms with Gasteiger partial charge in [0.1, 0.15) is 0 Å². The molecular formula is C8H9NTi. The van der Waals surface area contributed by atoms with Crippen molar-refractivity contribution >= 4 is 4.31 Å². The van der Waals surface area contributed by atoms with Crippen molar-refractivity contribution in [3.63, 3.8) is 0 Å². The Hall–Kier alpha value is -0.266. The van der Waals surface area contributed by atoms with Gasteiger partial charge in [-0.3, -0.25) is 0 Å². The fourth-order valence-corrected chi connectivity index (χ4v) is 1.61. The van der Waals surface area contributed by atoms with E-state index in [0.717, 1.165) is 5.69 Å². The molecule has 0 atom stereocenters. The van der Waals surface area contributed by atoms with Gasteiger partial charge in [-0.2, -0.15) is 0 Å². The van der Waals surface area contributed by atoms with Crippen LogP contribution in [0.15, 0.2) is 12.3 Å². The maximum absolute atomic E-state index is 4.18. The van der Waals surface area contributed by atoms with E-state index in [-0.39, 0.29) is 0 Å². The molecule has 0 spiro atoms. The molecule has 0 fully saturated rings. The molecule has 1 aromatic rings. The SMILES string of the molecule is Cc1ccnc(C)c1[CH]=[Ti]. The van der Waals surface area contributed by atoms with Crippen LogP contribution in [0.25, 0.3) is 0 Å². The van der Waals surface area contributed by atoms with Crippen LogP contribution in [0.1, 0.15) is 16.8 Å². The first-order chi connectivity index (χ1) is 4.75. The van der Waals surface area contributed by atoms with Gasteiger partial charge in [-0.05, 0) is 0 Å². The van der Waals surface area contributed by atoms with Gasteiger partial charge in [-0.25, -0.2) is 0 Å². The zero-order valence-corrected chi connectivity index (χ0v) is 7.74. The van der Waals surface area contributed by atoms with E-state index < -0.39 is 0 Å². The van der Waals surface area contributed by atoms with Crippen LogP contribution < -0.4 is 0 Å². The van der Waals surface area contributed by atoms with Crippen LogP contribution in [0.2, 0.25) is 0 Å². The zero-order chi connectivity index (χ0) is 7.56. The maximum atomic E-state index is 4.18. The summed E-state index contributed by atoms with van der Waals surface area (Å²) >= 11 is 2.04. The van der Waals surface area contributed by atoms with Crippen molar-refractivity contribution in [3.8, 4) is 0 Å². The molecule has 1 nitrogen and oxygen atoms in total. The first kappa shape index (κ1) is 7.84. The molecule has 0 saturated heterocycles.